The molecule has 13 N–H and O–H groups in total. The highest BCUT2D eigenvalue weighted by Gasteiger charge is 2.45. The number of aliphatic hydroxyl groups excluding tert-OH is 2. The van der Waals surface area contributed by atoms with Gasteiger partial charge >= 0.3 is 23.8 Å². The molecular formula is C37H40N9O16PS2. The molecule has 346 valence electrons. The Balaban J connectivity index is 0.953. The number of carboxylic acid groups (broad SMARTS) is 1. The summed E-state index contributed by atoms with van der Waals surface area (Å²) in [6, 6.07) is 8.11. The van der Waals surface area contributed by atoms with E-state index in [-0.39, 0.29) is 57.7 Å². The van der Waals surface area contributed by atoms with Gasteiger partial charge < -0.3 is 50.7 Å². The molecule has 2 aromatic carbocycles. The average molecular weight is 962 g/mol. The van der Waals surface area contributed by atoms with Gasteiger partial charge in [0.1, 0.15) is 45.2 Å². The highest BCUT2D eigenvalue weighted by molar-refractivity contribution is 7.86. The number of rotatable bonds is 17. The normalized spacial score (nSPS) is 18.9. The molecule has 1 amide bonds. The van der Waals surface area contributed by atoms with E-state index in [2.05, 4.69) is 25.4 Å². The zero-order chi connectivity index (χ0) is 47.2. The van der Waals surface area contributed by atoms with Crippen LogP contribution in [0.3, 0.4) is 0 Å². The van der Waals surface area contributed by atoms with E-state index in [9.17, 15) is 60.3 Å². The molecular weight excluding hydrogens is 922 g/mol. The predicted molar refractivity (Wildman–Crippen MR) is 223 cm³/mol. The van der Waals surface area contributed by atoms with Crippen LogP contribution in [-0.4, -0.2) is 116 Å². The van der Waals surface area contributed by atoms with E-state index < -0.39 is 109 Å². The number of hydrogen-bond donors (Lipinski definition) is 10. The number of nitrogen functional groups attached to an aromatic ring is 2. The van der Waals surface area contributed by atoms with Gasteiger partial charge in [-0.05, 0) is 48.7 Å². The predicted octanol–water partition coefficient (Wildman–Crippen LogP) is -0.666. The van der Waals surface area contributed by atoms with Crippen LogP contribution in [0.4, 0.5) is 11.5 Å². The molecule has 1 unspecified atom stereocenters. The summed E-state index contributed by atoms with van der Waals surface area (Å²) in [6.45, 7) is -0.352. The number of hydrogen-bond acceptors (Lipinski definition) is 18. The van der Waals surface area contributed by atoms with Crippen molar-refractivity contribution in [2.45, 2.75) is 60.0 Å². The molecule has 0 radical (unpaired) electrons. The maximum atomic E-state index is 13.2. The number of aliphatic hydroxyl groups is 2. The van der Waals surface area contributed by atoms with E-state index in [1.807, 2.05) is 0 Å². The Morgan fingerprint density at radius 3 is 2.35 bits per heavy atom. The molecule has 3 aliphatic rings. The molecule has 65 heavy (non-hydrogen) atoms. The lowest BCUT2D eigenvalue weighted by Crippen LogP contribution is -2.47. The molecule has 7 rings (SSSR count). The minimum atomic E-state index is -5.41. The second kappa shape index (κ2) is 18.1. The first-order valence-corrected chi connectivity index (χ1v) is 23.7. The van der Waals surface area contributed by atoms with E-state index in [4.69, 9.17) is 30.6 Å². The van der Waals surface area contributed by atoms with Crippen LogP contribution in [0, 0.1) is 0 Å². The number of carbonyl (C=O) groups excluding carboxylic acids is 1. The first kappa shape index (κ1) is 47.0. The number of carbonyl (C=O) groups is 2. The maximum absolute atomic E-state index is 13.2. The summed E-state index contributed by atoms with van der Waals surface area (Å²) >= 11 is 0. The maximum Gasteiger partial charge on any atom is 0.403 e. The summed E-state index contributed by atoms with van der Waals surface area (Å²) in [6.07, 6.45) is -0.830. The zero-order valence-electron chi connectivity index (χ0n) is 33.5. The van der Waals surface area contributed by atoms with Crippen molar-refractivity contribution in [2.75, 3.05) is 31.2 Å². The number of nitrogens with zero attached hydrogens (tertiary/aromatic N) is 4. The Kier molecular flexibility index (Phi) is 13.1. The second-order valence-electron chi connectivity index (χ2n) is 14.7. The third kappa shape index (κ3) is 9.56. The number of ether oxygens (including phenoxy) is 1. The number of amides is 1. The van der Waals surface area contributed by atoms with E-state index in [0.717, 1.165) is 18.2 Å². The van der Waals surface area contributed by atoms with Crippen molar-refractivity contribution in [3.05, 3.63) is 71.6 Å². The van der Waals surface area contributed by atoms with Crippen molar-refractivity contribution < 1.29 is 79.4 Å². The molecule has 5 atom stereocenters. The van der Waals surface area contributed by atoms with Crippen LogP contribution >= 0.6 is 7.75 Å². The Morgan fingerprint density at radius 1 is 0.954 bits per heavy atom. The molecule has 0 saturated carbocycles. The summed E-state index contributed by atoms with van der Waals surface area (Å²) < 4.78 is 103. The van der Waals surface area contributed by atoms with Gasteiger partial charge in [-0.2, -0.15) is 8.42 Å². The number of imidazole rings is 1. The van der Waals surface area contributed by atoms with Gasteiger partial charge in [-0.3, -0.25) is 23.8 Å². The number of anilines is 2. The van der Waals surface area contributed by atoms with Crippen molar-refractivity contribution in [3.63, 3.8) is 0 Å². The van der Waals surface area contributed by atoms with Crippen LogP contribution in [0.1, 0.15) is 52.6 Å². The number of nitrogens with two attached hydrogens (primary N) is 3. The van der Waals surface area contributed by atoms with Crippen LogP contribution in [0.15, 0.2) is 69.3 Å². The van der Waals surface area contributed by atoms with Gasteiger partial charge in [0.2, 0.25) is 10.3 Å². The minimum absolute atomic E-state index is 0.0535. The van der Waals surface area contributed by atoms with Gasteiger partial charge in [-0.15, -0.1) is 0 Å². The number of nitrogens with one attached hydrogen (secondary N) is 2. The lowest BCUT2D eigenvalue weighted by atomic mass is 9.89. The highest BCUT2D eigenvalue weighted by atomic mass is 32.2. The molecule has 28 heteroatoms. The summed E-state index contributed by atoms with van der Waals surface area (Å²) in [4.78, 5) is 46.2. The molecule has 0 spiro atoms. The van der Waals surface area contributed by atoms with Crippen LogP contribution in [-0.2, 0) is 34.1 Å². The largest absolute Gasteiger partial charge is 0.744 e. The standard InChI is InChI=1S/C37H40N9O16PS2/c38-22-9-7-19-25(20-8-10-23(39)32(65(57,58)59)30(20)62-29(19)31(22)64(54,55)56)18-6-5-17(13-21(18)37(50)51)35(49)41-11-3-1-2-4-12-45-63(52,53)60-14-24-27(47)28(48)36(61-24)46-16-44-26-33(40)42-15-43-34(26)46/h5-10,13,15-16,24,27-28,36,38,47-48H,1-4,11-12,14,39H2,(H,41,49)(H,50,51)(H2,40,42,43)(H2,45,52,53)(H,54,55,56)(H,57,58,59)/t24-,27-,28-,36-/m1/s1. The molecule has 2 aliphatic heterocycles. The van der Waals surface area contributed by atoms with E-state index in [1.165, 1.54) is 41.5 Å². The number of benzene rings is 3. The molecule has 2 aromatic heterocycles. The second-order valence-corrected chi connectivity index (χ2v) is 19.0. The van der Waals surface area contributed by atoms with Crippen LogP contribution < -0.4 is 32.6 Å². The Morgan fingerprint density at radius 2 is 1.66 bits per heavy atom. The van der Waals surface area contributed by atoms with Crippen molar-refractivity contribution in [2.24, 2.45) is 0 Å². The van der Waals surface area contributed by atoms with Crippen LogP contribution in [0.5, 0.6) is 0 Å². The lowest BCUT2D eigenvalue weighted by Gasteiger charge is -2.21. The van der Waals surface area contributed by atoms with Gasteiger partial charge in [0.05, 0.1) is 24.2 Å². The fourth-order valence-electron chi connectivity index (χ4n) is 7.39. The first-order chi connectivity index (χ1) is 30.6. The number of aromatic nitrogens is 4. The summed E-state index contributed by atoms with van der Waals surface area (Å²) in [5, 5.41) is 41.7. The quantitative estimate of drug-likeness (QED) is 0.0178. The monoisotopic (exact) mass is 961 g/mol. The smallest absolute Gasteiger partial charge is 0.403 e. The van der Waals surface area contributed by atoms with Crippen LogP contribution in [0.25, 0.3) is 44.6 Å². The number of fused-ring (bicyclic) bond motifs is 3. The van der Waals surface area contributed by atoms with Gasteiger partial charge in [-0.1, -0.05) is 18.9 Å². The number of aromatic carboxylic acids is 1. The molecule has 1 saturated heterocycles. The van der Waals surface area contributed by atoms with E-state index in [1.54, 1.807) is 0 Å². The summed E-state index contributed by atoms with van der Waals surface area (Å²) in [5.41, 5.74) is 9.71. The molecule has 25 nitrogen and oxygen atoms in total. The lowest BCUT2D eigenvalue weighted by molar-refractivity contribution is -0.176. The van der Waals surface area contributed by atoms with E-state index >= 15 is 0 Å². The minimum Gasteiger partial charge on any atom is -0.744 e. The Hall–Kier alpha value is -5.97. The topological polar surface area (TPSA) is 421 Å². The van der Waals surface area contributed by atoms with Gasteiger partial charge in [-0.25, -0.2) is 37.8 Å². The van der Waals surface area contributed by atoms with Crippen LogP contribution in [0.2, 0.25) is 0 Å². The Labute approximate surface area is 367 Å². The summed E-state index contributed by atoms with van der Waals surface area (Å²) in [5.74, 6) is -2.84. The zero-order valence-corrected chi connectivity index (χ0v) is 36.0. The third-order valence-corrected chi connectivity index (χ3v) is 13.4. The Bertz CT molecular complexity index is 3170. The fraction of sp³-hybridized carbons (Fsp3) is 0.297. The fourth-order valence-corrected chi connectivity index (χ4v) is 9.76. The number of carboxylic acids is 1. The van der Waals surface area contributed by atoms with Gasteiger partial charge in [0.15, 0.2) is 29.0 Å². The molecule has 1 fully saturated rings. The third-order valence-electron chi connectivity index (χ3n) is 10.4. The van der Waals surface area contributed by atoms with Crippen molar-refractivity contribution in [1.82, 2.24) is 29.9 Å². The van der Waals surface area contributed by atoms with Crippen molar-refractivity contribution in [3.8, 4) is 22.5 Å². The average Bonchev–Trinajstić information content (AvgIpc) is 3.78. The number of unbranched alkanes of at least 4 members (excludes halogenated alkanes) is 3. The first-order valence-electron chi connectivity index (χ1n) is 19.3. The van der Waals surface area contributed by atoms with Crippen molar-refractivity contribution >= 4 is 73.5 Å². The van der Waals surface area contributed by atoms with E-state index in [0.29, 0.717) is 25.7 Å². The molecule has 4 aromatic rings. The molecule has 0 bridgehead atoms. The highest BCUT2D eigenvalue weighted by Crippen LogP contribution is 2.46. The van der Waals surface area contributed by atoms with Gasteiger partial charge in [0, 0.05) is 41.2 Å². The SMILES string of the molecule is Nc1ccc2c(-c3ccc(C(=O)NCCCCCCNP(=O)(O)OC[C@H]4O[C@@H](n5cnc6c(N)ncnc65)[C@H](O)[C@@H]4O)cc3C(=O)O)c3ccc(=[NH2+])c(S(=O)(=O)O)c-3oc2c1S(=O)(=O)[O-]. The molecule has 1 aliphatic carbocycles. The van der Waals surface area contributed by atoms with Crippen molar-refractivity contribution in [1.29, 1.82) is 0 Å². The van der Waals surface area contributed by atoms with Gasteiger partial charge in [0.25, 0.3) is 5.91 Å². The molecule has 4 heterocycles. The summed E-state index contributed by atoms with van der Waals surface area (Å²) in [7, 11) is -15.0.